The number of carbonyl (C=O) groups excluding carboxylic acids is 1. The number of oxazole rings is 1. The first-order valence-corrected chi connectivity index (χ1v) is 12.8. The topological polar surface area (TPSA) is 102 Å². The lowest BCUT2D eigenvalue weighted by Gasteiger charge is -2.15. The molecule has 2 aromatic carbocycles. The lowest BCUT2D eigenvalue weighted by atomic mass is 10.0. The van der Waals surface area contributed by atoms with Gasteiger partial charge in [0.15, 0.2) is 5.58 Å². The number of hydrogen-bond donors (Lipinski definition) is 1. The third kappa shape index (κ3) is 4.60. The molecule has 9 heteroatoms. The lowest BCUT2D eigenvalue weighted by molar-refractivity contribution is -0.116. The highest BCUT2D eigenvalue weighted by Crippen LogP contribution is 2.25. The summed E-state index contributed by atoms with van der Waals surface area (Å²) in [6, 6.07) is 10.4. The van der Waals surface area contributed by atoms with E-state index in [1.165, 1.54) is 21.0 Å². The molecule has 0 atom stereocenters. The molecule has 4 rings (SSSR count). The second kappa shape index (κ2) is 9.52. The Morgan fingerprint density at radius 1 is 1.06 bits per heavy atom. The van der Waals surface area contributed by atoms with Crippen LogP contribution in [0.3, 0.4) is 0 Å². The minimum absolute atomic E-state index is 0.0869. The quantitative estimate of drug-likeness (QED) is 0.542. The smallest absolute Gasteiger partial charge is 0.408 e. The van der Waals surface area contributed by atoms with Gasteiger partial charge in [0.2, 0.25) is 15.9 Å². The van der Waals surface area contributed by atoms with Gasteiger partial charge in [0.1, 0.15) is 0 Å². The van der Waals surface area contributed by atoms with E-state index in [-0.39, 0.29) is 29.4 Å². The number of aryl methyl sites for hydroxylation is 3. The number of amides is 1. The molecule has 0 bridgehead atoms. The van der Waals surface area contributed by atoms with E-state index in [1.807, 2.05) is 32.0 Å². The summed E-state index contributed by atoms with van der Waals surface area (Å²) in [5, 5.41) is 3.00. The molecule has 1 aliphatic heterocycles. The number of nitrogens with zero attached hydrogens (tertiary/aromatic N) is 2. The van der Waals surface area contributed by atoms with Crippen LogP contribution in [0.4, 0.5) is 5.69 Å². The van der Waals surface area contributed by atoms with Gasteiger partial charge in [-0.1, -0.05) is 32.0 Å². The molecule has 0 spiro atoms. The summed E-state index contributed by atoms with van der Waals surface area (Å²) >= 11 is 0. The second-order valence-corrected chi connectivity index (χ2v) is 10.2. The Bertz CT molecular complexity index is 1310. The summed E-state index contributed by atoms with van der Waals surface area (Å²) in [6.07, 6.45) is 3.38. The molecular weight excluding hydrogens is 442 g/mol. The van der Waals surface area contributed by atoms with Crippen molar-refractivity contribution in [1.82, 2.24) is 8.87 Å². The van der Waals surface area contributed by atoms with E-state index in [0.717, 1.165) is 42.5 Å². The molecule has 0 aliphatic carbocycles. The van der Waals surface area contributed by atoms with Crippen LogP contribution in [-0.2, 0) is 34.2 Å². The normalized spacial score (nSPS) is 14.7. The van der Waals surface area contributed by atoms with E-state index in [2.05, 4.69) is 5.32 Å². The molecule has 1 amide bonds. The van der Waals surface area contributed by atoms with Gasteiger partial charge >= 0.3 is 5.76 Å². The molecule has 2 heterocycles. The molecule has 0 radical (unpaired) electrons. The molecule has 0 saturated carbocycles. The molecular formula is C24H29N3O5S. The monoisotopic (exact) mass is 471 g/mol. The number of rotatable bonds is 8. The SMILES string of the molecule is CCc1cccc(CC)c1NC(=O)CCn1c(=O)oc2cc(S(=O)(=O)N3CCCC3)ccc21. The van der Waals surface area contributed by atoms with E-state index >= 15 is 0 Å². The van der Waals surface area contributed by atoms with Crippen molar-refractivity contribution in [2.24, 2.45) is 0 Å². The number of benzene rings is 2. The summed E-state index contributed by atoms with van der Waals surface area (Å²) in [5.41, 5.74) is 3.65. The van der Waals surface area contributed by atoms with Crippen molar-refractivity contribution in [3.05, 3.63) is 58.1 Å². The maximum Gasteiger partial charge on any atom is 0.419 e. The number of anilines is 1. The van der Waals surface area contributed by atoms with Gasteiger partial charge in [-0.05, 0) is 48.9 Å². The Balaban J connectivity index is 1.52. The molecule has 33 heavy (non-hydrogen) atoms. The van der Waals surface area contributed by atoms with E-state index in [9.17, 15) is 18.0 Å². The summed E-state index contributed by atoms with van der Waals surface area (Å²) in [6.45, 7) is 5.22. The third-order valence-electron chi connectivity index (χ3n) is 6.17. The fourth-order valence-electron chi connectivity index (χ4n) is 4.31. The van der Waals surface area contributed by atoms with Crippen LogP contribution < -0.4 is 11.1 Å². The van der Waals surface area contributed by atoms with Gasteiger partial charge in [-0.2, -0.15) is 4.31 Å². The Labute approximate surface area is 193 Å². The molecule has 1 saturated heterocycles. The Kier molecular flexibility index (Phi) is 6.71. The highest BCUT2D eigenvalue weighted by Gasteiger charge is 2.28. The number of nitrogens with one attached hydrogen (secondary N) is 1. The molecule has 1 aliphatic rings. The summed E-state index contributed by atoms with van der Waals surface area (Å²) in [7, 11) is -3.61. The zero-order valence-electron chi connectivity index (χ0n) is 19.0. The average molecular weight is 472 g/mol. The van der Waals surface area contributed by atoms with Gasteiger partial charge in [0.25, 0.3) is 0 Å². The second-order valence-electron chi connectivity index (χ2n) is 8.22. The van der Waals surface area contributed by atoms with Crippen LogP contribution in [0.1, 0.15) is 44.2 Å². The first-order valence-electron chi connectivity index (χ1n) is 11.4. The Hall–Kier alpha value is -2.91. The molecule has 1 N–H and O–H groups in total. The van der Waals surface area contributed by atoms with Crippen molar-refractivity contribution in [3.8, 4) is 0 Å². The number of sulfonamides is 1. The molecule has 8 nitrogen and oxygen atoms in total. The van der Waals surface area contributed by atoms with Gasteiger partial charge in [0, 0.05) is 37.8 Å². The van der Waals surface area contributed by atoms with Crippen LogP contribution in [0.25, 0.3) is 11.1 Å². The van der Waals surface area contributed by atoms with Crippen LogP contribution in [-0.4, -0.2) is 36.3 Å². The zero-order valence-corrected chi connectivity index (χ0v) is 19.8. The van der Waals surface area contributed by atoms with Gasteiger partial charge < -0.3 is 9.73 Å². The van der Waals surface area contributed by atoms with Gasteiger partial charge in [-0.15, -0.1) is 0 Å². The number of fused-ring (bicyclic) bond motifs is 1. The maximum absolute atomic E-state index is 12.8. The number of hydrogen-bond acceptors (Lipinski definition) is 5. The number of aromatic nitrogens is 1. The van der Waals surface area contributed by atoms with Crippen LogP contribution in [0, 0.1) is 0 Å². The minimum Gasteiger partial charge on any atom is -0.408 e. The van der Waals surface area contributed by atoms with Gasteiger partial charge in [0.05, 0.1) is 10.4 Å². The largest absolute Gasteiger partial charge is 0.419 e. The van der Waals surface area contributed by atoms with E-state index in [4.69, 9.17) is 4.42 Å². The maximum atomic E-state index is 12.8. The van der Waals surface area contributed by atoms with Gasteiger partial charge in [-0.25, -0.2) is 13.2 Å². The van der Waals surface area contributed by atoms with E-state index in [1.54, 1.807) is 6.07 Å². The van der Waals surface area contributed by atoms with Crippen LogP contribution >= 0.6 is 0 Å². The molecule has 3 aromatic rings. The minimum atomic E-state index is -3.61. The predicted octanol–water partition coefficient (Wildman–Crippen LogP) is 3.53. The molecule has 176 valence electrons. The van der Waals surface area contributed by atoms with Crippen molar-refractivity contribution in [1.29, 1.82) is 0 Å². The van der Waals surface area contributed by atoms with Crippen molar-refractivity contribution in [2.45, 2.75) is 57.4 Å². The average Bonchev–Trinajstić information content (AvgIpc) is 3.45. The van der Waals surface area contributed by atoms with Crippen molar-refractivity contribution in [2.75, 3.05) is 18.4 Å². The highest BCUT2D eigenvalue weighted by atomic mass is 32.2. The molecule has 0 unspecified atom stereocenters. The summed E-state index contributed by atoms with van der Waals surface area (Å²) < 4.78 is 33.8. The fourth-order valence-corrected chi connectivity index (χ4v) is 5.85. The van der Waals surface area contributed by atoms with Crippen molar-refractivity contribution in [3.63, 3.8) is 0 Å². The lowest BCUT2D eigenvalue weighted by Crippen LogP contribution is -2.27. The van der Waals surface area contributed by atoms with E-state index in [0.29, 0.717) is 18.6 Å². The summed E-state index contributed by atoms with van der Waals surface area (Å²) in [4.78, 5) is 25.2. The van der Waals surface area contributed by atoms with Crippen molar-refractivity contribution >= 4 is 32.7 Å². The van der Waals surface area contributed by atoms with Crippen molar-refractivity contribution < 1.29 is 17.6 Å². The number of para-hydroxylation sites is 1. The standard InChI is InChI=1S/C24H29N3O5S/c1-3-17-8-7-9-18(4-2)23(17)25-22(28)12-15-27-20-11-10-19(16-21(20)32-24(27)29)33(30,31)26-13-5-6-14-26/h7-11,16H,3-6,12-15H2,1-2H3,(H,25,28). The van der Waals surface area contributed by atoms with Crippen LogP contribution in [0.2, 0.25) is 0 Å². The van der Waals surface area contributed by atoms with Crippen LogP contribution in [0.15, 0.2) is 50.5 Å². The summed E-state index contributed by atoms with van der Waals surface area (Å²) in [5.74, 6) is -0.809. The first kappa shape index (κ1) is 23.3. The third-order valence-corrected chi connectivity index (χ3v) is 8.06. The first-order chi connectivity index (χ1) is 15.8. The highest BCUT2D eigenvalue weighted by molar-refractivity contribution is 7.89. The van der Waals surface area contributed by atoms with E-state index < -0.39 is 15.8 Å². The predicted molar refractivity (Wildman–Crippen MR) is 127 cm³/mol. The molecule has 1 fully saturated rings. The molecule has 1 aromatic heterocycles. The fraction of sp³-hybridized carbons (Fsp3) is 0.417. The Morgan fingerprint density at radius 2 is 1.73 bits per heavy atom. The number of carbonyl (C=O) groups is 1. The van der Waals surface area contributed by atoms with Crippen LogP contribution in [0.5, 0.6) is 0 Å². The zero-order chi connectivity index (χ0) is 23.6. The van der Waals surface area contributed by atoms with Gasteiger partial charge in [-0.3, -0.25) is 9.36 Å². The Morgan fingerprint density at radius 3 is 2.36 bits per heavy atom.